The molecule has 0 radical (unpaired) electrons. The molecule has 7 nitrogen and oxygen atoms in total. The van der Waals surface area contributed by atoms with Crippen molar-refractivity contribution in [1.29, 1.82) is 0 Å². The number of rotatable bonds is 2. The third kappa shape index (κ3) is 3.66. The van der Waals surface area contributed by atoms with E-state index in [0.717, 1.165) is 0 Å². The third-order valence-electron chi connectivity index (χ3n) is 5.31. The van der Waals surface area contributed by atoms with Gasteiger partial charge in [0.25, 0.3) is 0 Å². The molecule has 26 heavy (non-hydrogen) atoms. The predicted molar refractivity (Wildman–Crippen MR) is 95.2 cm³/mol. The highest BCUT2D eigenvalue weighted by Gasteiger charge is 2.46. The number of amides is 3. The Morgan fingerprint density at radius 3 is 2.50 bits per heavy atom. The molecule has 2 heterocycles. The lowest BCUT2D eigenvalue weighted by atomic mass is 9.91. The third-order valence-corrected chi connectivity index (χ3v) is 5.31. The highest BCUT2D eigenvalue weighted by atomic mass is 19.1. The Hall–Kier alpha value is -2.19. The Kier molecular flexibility index (Phi) is 5.15. The number of aliphatic hydroxyl groups excluding tert-OH is 1. The van der Waals surface area contributed by atoms with Crippen LogP contribution in [0.15, 0.2) is 24.3 Å². The number of halogens is 1. The number of hydrogen-bond donors (Lipinski definition) is 2. The average molecular weight is 364 g/mol. The maximum Gasteiger partial charge on any atom is 0.321 e. The lowest BCUT2D eigenvalue weighted by molar-refractivity contribution is -0.142. The number of fused-ring (bicyclic) bond motifs is 1. The zero-order chi connectivity index (χ0) is 18.9. The molecular weight excluding hydrogens is 339 g/mol. The van der Waals surface area contributed by atoms with Crippen LogP contribution in [0.3, 0.4) is 0 Å². The molecule has 142 valence electrons. The molecular formula is C18H25FN4O3. The number of aliphatic hydroxyl groups is 1. The zero-order valence-corrected chi connectivity index (χ0v) is 15.1. The highest BCUT2D eigenvalue weighted by Crippen LogP contribution is 2.28. The SMILES string of the molecule is CC(=O)N1CC2CN(C(=O)Nc3ccc(F)cc3)CCN2C(C)(CO)C1. The topological polar surface area (TPSA) is 76.1 Å². The fraction of sp³-hybridized carbons (Fsp3) is 0.556. The second kappa shape index (κ2) is 7.20. The number of carbonyl (C=O) groups excluding carboxylic acids is 2. The van der Waals surface area contributed by atoms with E-state index in [1.165, 1.54) is 31.2 Å². The number of nitrogens with zero attached hydrogens (tertiary/aromatic N) is 3. The van der Waals surface area contributed by atoms with Crippen LogP contribution in [0, 0.1) is 5.82 Å². The van der Waals surface area contributed by atoms with Gasteiger partial charge in [-0.15, -0.1) is 0 Å². The Morgan fingerprint density at radius 2 is 1.88 bits per heavy atom. The van der Waals surface area contributed by atoms with E-state index >= 15 is 0 Å². The fourth-order valence-electron chi connectivity index (χ4n) is 3.84. The number of nitrogens with one attached hydrogen (secondary N) is 1. The van der Waals surface area contributed by atoms with Gasteiger partial charge in [-0.2, -0.15) is 0 Å². The minimum Gasteiger partial charge on any atom is -0.394 e. The summed E-state index contributed by atoms with van der Waals surface area (Å²) in [6, 6.07) is 5.35. The molecule has 0 aromatic heterocycles. The van der Waals surface area contributed by atoms with Crippen molar-refractivity contribution in [2.75, 3.05) is 44.6 Å². The summed E-state index contributed by atoms with van der Waals surface area (Å²) in [4.78, 5) is 30.0. The van der Waals surface area contributed by atoms with E-state index in [9.17, 15) is 19.1 Å². The van der Waals surface area contributed by atoms with Crippen molar-refractivity contribution in [2.24, 2.45) is 0 Å². The molecule has 2 saturated heterocycles. The van der Waals surface area contributed by atoms with Gasteiger partial charge in [0, 0.05) is 51.4 Å². The Morgan fingerprint density at radius 1 is 1.23 bits per heavy atom. The predicted octanol–water partition coefficient (Wildman–Crippen LogP) is 0.957. The molecule has 2 atom stereocenters. The normalized spacial score (nSPS) is 26.4. The highest BCUT2D eigenvalue weighted by molar-refractivity contribution is 5.89. The van der Waals surface area contributed by atoms with Gasteiger partial charge in [0.05, 0.1) is 12.1 Å². The van der Waals surface area contributed by atoms with E-state index in [1.807, 2.05) is 6.92 Å². The van der Waals surface area contributed by atoms with Gasteiger partial charge in [-0.25, -0.2) is 9.18 Å². The summed E-state index contributed by atoms with van der Waals surface area (Å²) in [6.45, 7) is 6.06. The average Bonchev–Trinajstić information content (AvgIpc) is 2.63. The minimum absolute atomic E-state index is 0.0301. The summed E-state index contributed by atoms with van der Waals surface area (Å²) < 4.78 is 13.0. The molecule has 1 aromatic rings. The summed E-state index contributed by atoms with van der Waals surface area (Å²) in [5.41, 5.74) is 0.0294. The Bertz CT molecular complexity index is 684. The summed E-state index contributed by atoms with van der Waals surface area (Å²) in [6.07, 6.45) is 0. The van der Waals surface area contributed by atoms with Gasteiger partial charge in [-0.1, -0.05) is 0 Å². The van der Waals surface area contributed by atoms with Crippen LogP contribution in [0.2, 0.25) is 0 Å². The van der Waals surface area contributed by atoms with Crippen LogP contribution in [0.1, 0.15) is 13.8 Å². The summed E-state index contributed by atoms with van der Waals surface area (Å²) in [5.74, 6) is -0.386. The molecule has 2 aliphatic rings. The van der Waals surface area contributed by atoms with Crippen LogP contribution in [0.5, 0.6) is 0 Å². The number of urea groups is 1. The molecule has 2 fully saturated rings. The van der Waals surface area contributed by atoms with Crippen molar-refractivity contribution < 1.29 is 19.1 Å². The standard InChI is InChI=1S/C18H25FN4O3/c1-13(25)22-10-16-9-21(7-8-23(16)18(2,11-22)12-24)17(26)20-15-5-3-14(19)4-6-15/h3-6,16,24H,7-12H2,1-2H3,(H,20,26). The quantitative estimate of drug-likeness (QED) is 0.820. The number of carbonyl (C=O) groups is 2. The largest absolute Gasteiger partial charge is 0.394 e. The molecule has 2 N–H and O–H groups in total. The second-order valence-electron chi connectivity index (χ2n) is 7.28. The van der Waals surface area contributed by atoms with Crippen LogP contribution in [0.25, 0.3) is 0 Å². The lowest BCUT2D eigenvalue weighted by Gasteiger charge is -2.55. The van der Waals surface area contributed by atoms with Crippen LogP contribution in [-0.4, -0.2) is 82.7 Å². The van der Waals surface area contributed by atoms with Crippen LogP contribution in [0.4, 0.5) is 14.9 Å². The number of anilines is 1. The molecule has 2 unspecified atom stereocenters. The van der Waals surface area contributed by atoms with Gasteiger partial charge >= 0.3 is 6.03 Å². The first kappa shape index (κ1) is 18.6. The zero-order valence-electron chi connectivity index (χ0n) is 15.1. The second-order valence-corrected chi connectivity index (χ2v) is 7.28. The van der Waals surface area contributed by atoms with E-state index in [-0.39, 0.29) is 30.4 Å². The molecule has 0 aliphatic carbocycles. The first-order valence-electron chi connectivity index (χ1n) is 8.77. The summed E-state index contributed by atoms with van der Waals surface area (Å²) >= 11 is 0. The van der Waals surface area contributed by atoms with Crippen LogP contribution >= 0.6 is 0 Å². The van der Waals surface area contributed by atoms with Crippen molar-refractivity contribution in [3.05, 3.63) is 30.1 Å². The molecule has 1 aromatic carbocycles. The maximum absolute atomic E-state index is 13.0. The van der Waals surface area contributed by atoms with Crippen molar-refractivity contribution in [3.63, 3.8) is 0 Å². The maximum atomic E-state index is 13.0. The number of piperazine rings is 2. The van der Waals surface area contributed by atoms with E-state index in [1.54, 1.807) is 9.80 Å². The van der Waals surface area contributed by atoms with Gasteiger partial charge in [-0.05, 0) is 31.2 Å². The minimum atomic E-state index is -0.506. The van der Waals surface area contributed by atoms with E-state index in [0.29, 0.717) is 38.4 Å². The van der Waals surface area contributed by atoms with Gasteiger partial charge in [-0.3, -0.25) is 9.69 Å². The van der Waals surface area contributed by atoms with Crippen LogP contribution in [-0.2, 0) is 4.79 Å². The molecule has 0 spiro atoms. The first-order chi connectivity index (χ1) is 12.3. The van der Waals surface area contributed by atoms with Gasteiger partial charge < -0.3 is 20.2 Å². The Labute approximate surface area is 152 Å². The molecule has 3 rings (SSSR count). The van der Waals surface area contributed by atoms with Crippen molar-refractivity contribution in [1.82, 2.24) is 14.7 Å². The fourth-order valence-corrected chi connectivity index (χ4v) is 3.84. The summed E-state index contributed by atoms with van der Waals surface area (Å²) in [7, 11) is 0. The van der Waals surface area contributed by atoms with Gasteiger partial charge in [0.15, 0.2) is 0 Å². The lowest BCUT2D eigenvalue weighted by Crippen LogP contribution is -2.72. The van der Waals surface area contributed by atoms with Crippen molar-refractivity contribution in [3.8, 4) is 0 Å². The van der Waals surface area contributed by atoms with E-state index in [4.69, 9.17) is 0 Å². The van der Waals surface area contributed by atoms with Crippen LogP contribution < -0.4 is 5.32 Å². The summed E-state index contributed by atoms with van der Waals surface area (Å²) in [5, 5.41) is 12.7. The van der Waals surface area contributed by atoms with Crippen molar-refractivity contribution in [2.45, 2.75) is 25.4 Å². The molecule has 0 bridgehead atoms. The number of benzene rings is 1. The monoisotopic (exact) mass is 364 g/mol. The molecule has 0 saturated carbocycles. The Balaban J connectivity index is 1.69. The first-order valence-corrected chi connectivity index (χ1v) is 8.77. The van der Waals surface area contributed by atoms with Gasteiger partial charge in [0.1, 0.15) is 5.82 Å². The van der Waals surface area contributed by atoms with Gasteiger partial charge in [0.2, 0.25) is 5.91 Å². The van der Waals surface area contributed by atoms with Crippen molar-refractivity contribution >= 4 is 17.6 Å². The smallest absolute Gasteiger partial charge is 0.321 e. The number of hydrogen-bond acceptors (Lipinski definition) is 4. The van der Waals surface area contributed by atoms with E-state index in [2.05, 4.69) is 10.2 Å². The molecule has 2 aliphatic heterocycles. The van der Waals surface area contributed by atoms with E-state index < -0.39 is 5.54 Å². The molecule has 3 amide bonds. The molecule has 8 heteroatoms.